The number of benzene rings is 2. The number of thiophene rings is 1. The molecule has 3 rings (SSSR count). The van der Waals surface area contributed by atoms with Crippen molar-refractivity contribution in [1.82, 2.24) is 0 Å². The molecule has 0 spiro atoms. The van der Waals surface area contributed by atoms with Crippen LogP contribution in [0, 0.1) is 6.92 Å². The molecular weight excluding hydrogens is 509 g/mol. The molecule has 0 unspecified atom stereocenters. The summed E-state index contributed by atoms with van der Waals surface area (Å²) < 4.78 is 55.3. The predicted octanol–water partition coefficient (Wildman–Crippen LogP) is 7.90. The molecule has 0 aliphatic heterocycles. The fourth-order valence-corrected chi connectivity index (χ4v) is 5.26. The lowest BCUT2D eigenvalue weighted by molar-refractivity contribution is -0.145. The number of halogens is 3. The molecule has 4 nitrogen and oxygen atoms in total. The largest absolute Gasteiger partial charge is 0.488 e. The molecule has 9 heteroatoms. The van der Waals surface area contributed by atoms with Crippen LogP contribution in [0.2, 0.25) is 0 Å². The van der Waals surface area contributed by atoms with Crippen molar-refractivity contribution in [3.8, 4) is 21.9 Å². The Balaban J connectivity index is 1.73. The third-order valence-corrected chi connectivity index (χ3v) is 7.48. The van der Waals surface area contributed by atoms with E-state index in [-0.39, 0.29) is 6.61 Å². The summed E-state index contributed by atoms with van der Waals surface area (Å²) in [6.45, 7) is 8.33. The Kier molecular flexibility index (Phi) is 9.73. The monoisotopic (exact) mass is 538 g/mol. The number of hydrogen-bond acceptors (Lipinski definition) is 6. The molecule has 0 saturated heterocycles. The van der Waals surface area contributed by atoms with Crippen LogP contribution in [0.15, 0.2) is 48.5 Å². The van der Waals surface area contributed by atoms with Gasteiger partial charge in [0.25, 0.3) is 0 Å². The van der Waals surface area contributed by atoms with Gasteiger partial charge in [-0.3, -0.25) is 0 Å². The van der Waals surface area contributed by atoms with Gasteiger partial charge < -0.3 is 14.2 Å². The van der Waals surface area contributed by atoms with Crippen LogP contribution in [-0.2, 0) is 28.1 Å². The van der Waals surface area contributed by atoms with E-state index >= 15 is 0 Å². The van der Waals surface area contributed by atoms with Crippen LogP contribution in [0.5, 0.6) is 11.5 Å². The van der Waals surface area contributed by atoms with Gasteiger partial charge in [0.2, 0.25) is 0 Å². The summed E-state index contributed by atoms with van der Waals surface area (Å²) >= 11 is 3.32. The van der Waals surface area contributed by atoms with Gasteiger partial charge in [-0.1, -0.05) is 26.0 Å². The fraction of sp³-hybridized carbons (Fsp3) is 0.370. The molecule has 194 valence electrons. The fourth-order valence-electron chi connectivity index (χ4n) is 3.29. The predicted molar refractivity (Wildman–Crippen MR) is 139 cm³/mol. The molecule has 0 aliphatic rings. The standard InChI is InChI=1S/C27H29F3O4S2/c1-5-32-26(31)15-34-23-11-10-22(12-18(23)4)33-14-25-20(16-35-17(2)3)13-24(36-25)19-6-8-21(9-7-19)27(28,29)30/h6-13,17H,5,14-16H2,1-4H3. The van der Waals surface area contributed by atoms with Crippen LogP contribution >= 0.6 is 23.1 Å². The first-order valence-corrected chi connectivity index (χ1v) is 13.4. The first kappa shape index (κ1) is 27.9. The lowest BCUT2D eigenvalue weighted by Crippen LogP contribution is -2.14. The van der Waals surface area contributed by atoms with Gasteiger partial charge in [-0.05, 0) is 72.2 Å². The zero-order valence-electron chi connectivity index (χ0n) is 20.6. The summed E-state index contributed by atoms with van der Waals surface area (Å²) in [4.78, 5) is 13.5. The van der Waals surface area contributed by atoms with Crippen LogP contribution in [0.1, 0.15) is 42.3 Å². The molecule has 0 aliphatic carbocycles. The van der Waals surface area contributed by atoms with Crippen LogP contribution < -0.4 is 9.47 Å². The number of hydrogen-bond donors (Lipinski definition) is 0. The number of alkyl halides is 3. The second-order valence-corrected chi connectivity index (χ2v) is 11.0. The molecule has 1 aromatic heterocycles. The average Bonchev–Trinajstić information content (AvgIpc) is 3.23. The number of esters is 1. The topological polar surface area (TPSA) is 44.8 Å². The van der Waals surface area contributed by atoms with Gasteiger partial charge in [-0.15, -0.1) is 11.3 Å². The quantitative estimate of drug-likeness (QED) is 0.232. The first-order valence-electron chi connectivity index (χ1n) is 11.5. The molecule has 36 heavy (non-hydrogen) atoms. The number of thioether (sulfide) groups is 1. The molecule has 1 heterocycles. The van der Waals surface area contributed by atoms with Gasteiger partial charge in [-0.2, -0.15) is 24.9 Å². The maximum atomic E-state index is 12.9. The number of aryl methyl sites for hydroxylation is 1. The minimum absolute atomic E-state index is 0.159. The third-order valence-electron chi connectivity index (χ3n) is 5.13. The van der Waals surface area contributed by atoms with Gasteiger partial charge in [-0.25, -0.2) is 4.79 Å². The van der Waals surface area contributed by atoms with Crippen molar-refractivity contribution in [3.05, 3.63) is 70.1 Å². The molecule has 0 amide bonds. The minimum Gasteiger partial charge on any atom is -0.488 e. The van der Waals surface area contributed by atoms with Crippen molar-refractivity contribution in [2.75, 3.05) is 13.2 Å². The highest BCUT2D eigenvalue weighted by Gasteiger charge is 2.30. The zero-order valence-corrected chi connectivity index (χ0v) is 22.2. The molecule has 0 saturated carbocycles. The zero-order chi connectivity index (χ0) is 26.3. The second kappa shape index (κ2) is 12.5. The van der Waals surface area contributed by atoms with E-state index in [0.29, 0.717) is 30.0 Å². The SMILES string of the molecule is CCOC(=O)COc1ccc(OCc2sc(-c3ccc(C(F)(F)F)cc3)cc2CSC(C)C)cc1C. The van der Waals surface area contributed by atoms with E-state index in [0.717, 1.165) is 44.3 Å². The Morgan fingerprint density at radius 1 is 1.06 bits per heavy atom. The molecular formula is C27H29F3O4S2. The van der Waals surface area contributed by atoms with Crippen LogP contribution in [-0.4, -0.2) is 24.4 Å². The summed E-state index contributed by atoms with van der Waals surface area (Å²) in [6, 6.07) is 12.7. The van der Waals surface area contributed by atoms with Crippen molar-refractivity contribution < 1.29 is 32.2 Å². The van der Waals surface area contributed by atoms with Crippen LogP contribution in [0.25, 0.3) is 10.4 Å². The maximum absolute atomic E-state index is 12.9. The minimum atomic E-state index is -4.36. The molecule has 0 bridgehead atoms. The normalized spacial score (nSPS) is 11.6. The Bertz CT molecular complexity index is 1150. The Hall–Kier alpha value is -2.65. The molecule has 3 aromatic rings. The molecule has 2 aromatic carbocycles. The van der Waals surface area contributed by atoms with E-state index in [2.05, 4.69) is 13.8 Å². The number of rotatable bonds is 11. The van der Waals surface area contributed by atoms with Crippen molar-refractivity contribution >= 4 is 29.1 Å². The van der Waals surface area contributed by atoms with Gasteiger partial charge in [0.1, 0.15) is 18.1 Å². The van der Waals surface area contributed by atoms with E-state index in [4.69, 9.17) is 14.2 Å². The number of ether oxygens (including phenoxy) is 3. The van der Waals surface area contributed by atoms with Gasteiger partial charge in [0.05, 0.1) is 12.2 Å². The smallest absolute Gasteiger partial charge is 0.416 e. The second-order valence-electron chi connectivity index (χ2n) is 8.30. The molecule has 0 radical (unpaired) electrons. The highest BCUT2D eigenvalue weighted by atomic mass is 32.2. The van der Waals surface area contributed by atoms with Crippen LogP contribution in [0.3, 0.4) is 0 Å². The maximum Gasteiger partial charge on any atom is 0.416 e. The van der Waals surface area contributed by atoms with Gasteiger partial charge >= 0.3 is 12.1 Å². The third kappa shape index (κ3) is 7.93. The number of carbonyl (C=O) groups excluding carboxylic acids is 1. The van der Waals surface area contributed by atoms with Gasteiger partial charge in [0, 0.05) is 15.5 Å². The van der Waals surface area contributed by atoms with E-state index in [9.17, 15) is 18.0 Å². The first-order chi connectivity index (χ1) is 17.1. The Morgan fingerprint density at radius 3 is 2.39 bits per heavy atom. The number of carbonyl (C=O) groups is 1. The lowest BCUT2D eigenvalue weighted by atomic mass is 10.1. The van der Waals surface area contributed by atoms with Crippen LogP contribution in [0.4, 0.5) is 13.2 Å². The van der Waals surface area contributed by atoms with E-state index in [1.165, 1.54) is 23.5 Å². The summed E-state index contributed by atoms with van der Waals surface area (Å²) in [5.74, 6) is 1.59. The summed E-state index contributed by atoms with van der Waals surface area (Å²) in [5.41, 5.74) is 2.02. The average molecular weight is 539 g/mol. The summed E-state index contributed by atoms with van der Waals surface area (Å²) in [7, 11) is 0. The molecule has 0 atom stereocenters. The molecule has 0 fully saturated rings. The van der Waals surface area contributed by atoms with Crippen molar-refractivity contribution in [2.45, 2.75) is 51.5 Å². The van der Waals surface area contributed by atoms with E-state index in [1.54, 1.807) is 30.8 Å². The highest BCUT2D eigenvalue weighted by molar-refractivity contribution is 7.99. The summed E-state index contributed by atoms with van der Waals surface area (Å²) in [5, 5.41) is 0.443. The Labute approximate surface area is 217 Å². The van der Waals surface area contributed by atoms with E-state index in [1.807, 2.05) is 19.1 Å². The summed E-state index contributed by atoms with van der Waals surface area (Å²) in [6.07, 6.45) is -4.36. The highest BCUT2D eigenvalue weighted by Crippen LogP contribution is 2.37. The van der Waals surface area contributed by atoms with Crippen molar-refractivity contribution in [1.29, 1.82) is 0 Å². The van der Waals surface area contributed by atoms with E-state index < -0.39 is 17.7 Å². The Morgan fingerprint density at radius 2 is 1.78 bits per heavy atom. The van der Waals surface area contributed by atoms with Crippen molar-refractivity contribution in [2.24, 2.45) is 0 Å². The van der Waals surface area contributed by atoms with Crippen molar-refractivity contribution in [3.63, 3.8) is 0 Å². The lowest BCUT2D eigenvalue weighted by Gasteiger charge is -2.12. The van der Waals surface area contributed by atoms with Gasteiger partial charge in [0.15, 0.2) is 6.61 Å². The molecule has 0 N–H and O–H groups in total.